The minimum Gasteiger partial charge on any atom is -0.469 e. The summed E-state index contributed by atoms with van der Waals surface area (Å²) in [5.41, 5.74) is 2.18. The quantitative estimate of drug-likeness (QED) is 0.804. The second-order valence-electron chi connectivity index (χ2n) is 7.04. The fraction of sp³-hybridized carbons (Fsp3) is 0.421. The molecule has 140 valence electrons. The molecule has 2 rings (SSSR count). The summed E-state index contributed by atoms with van der Waals surface area (Å²) in [6.45, 7) is 6.30. The van der Waals surface area contributed by atoms with Gasteiger partial charge < -0.3 is 20.1 Å². The molecule has 0 spiro atoms. The van der Waals surface area contributed by atoms with Crippen molar-refractivity contribution in [2.24, 2.45) is 0 Å². The molecule has 2 N–H and O–H groups in total. The molecule has 1 aromatic carbocycles. The van der Waals surface area contributed by atoms with E-state index in [2.05, 4.69) is 36.1 Å². The van der Waals surface area contributed by atoms with Gasteiger partial charge in [0, 0.05) is 5.70 Å². The number of ether oxygens (including phenoxy) is 2. The zero-order chi connectivity index (χ0) is 19.5. The summed E-state index contributed by atoms with van der Waals surface area (Å²) < 4.78 is 9.51. The lowest BCUT2D eigenvalue weighted by Crippen LogP contribution is -2.46. The van der Waals surface area contributed by atoms with Crippen molar-refractivity contribution in [2.75, 3.05) is 14.2 Å². The van der Waals surface area contributed by atoms with E-state index in [0.29, 0.717) is 0 Å². The molecule has 1 aromatic rings. The molecule has 1 unspecified atom stereocenters. The Bertz CT molecular complexity index is 744. The van der Waals surface area contributed by atoms with Gasteiger partial charge in [-0.1, -0.05) is 45.0 Å². The van der Waals surface area contributed by atoms with Gasteiger partial charge in [0.25, 0.3) is 0 Å². The smallest absolute Gasteiger partial charge is 0.337 e. The van der Waals surface area contributed by atoms with E-state index in [1.54, 1.807) is 0 Å². The zero-order valence-electron chi connectivity index (χ0n) is 15.6. The van der Waals surface area contributed by atoms with Crippen molar-refractivity contribution >= 4 is 18.0 Å². The van der Waals surface area contributed by atoms with Gasteiger partial charge in [0.15, 0.2) is 0 Å². The number of hydrogen-bond donors (Lipinski definition) is 2. The molecule has 26 heavy (non-hydrogen) atoms. The number of hydrogen-bond acceptors (Lipinski definition) is 5. The zero-order valence-corrected chi connectivity index (χ0v) is 15.6. The molecule has 1 heterocycles. The fourth-order valence-corrected chi connectivity index (χ4v) is 2.75. The Morgan fingerprint density at radius 1 is 1.08 bits per heavy atom. The summed E-state index contributed by atoms with van der Waals surface area (Å²) in [5, 5.41) is 5.23. The van der Waals surface area contributed by atoms with Crippen LogP contribution in [0.2, 0.25) is 0 Å². The minimum absolute atomic E-state index is 0.0209. The van der Waals surface area contributed by atoms with E-state index in [4.69, 9.17) is 4.74 Å². The van der Waals surface area contributed by atoms with E-state index < -0.39 is 24.0 Å². The highest BCUT2D eigenvalue weighted by atomic mass is 16.5. The number of rotatable bonds is 4. The average molecular weight is 360 g/mol. The van der Waals surface area contributed by atoms with Gasteiger partial charge in [-0.25, -0.2) is 9.59 Å². The van der Waals surface area contributed by atoms with Crippen LogP contribution in [0.15, 0.2) is 35.5 Å². The normalized spacial score (nSPS) is 17.3. The maximum absolute atomic E-state index is 12.3. The van der Waals surface area contributed by atoms with E-state index in [0.717, 1.165) is 11.1 Å². The van der Waals surface area contributed by atoms with Crippen molar-refractivity contribution in [1.82, 2.24) is 10.6 Å². The lowest BCUT2D eigenvalue weighted by Gasteiger charge is -2.29. The lowest BCUT2D eigenvalue weighted by molar-refractivity contribution is -0.139. The molecule has 1 atom stereocenters. The van der Waals surface area contributed by atoms with Crippen LogP contribution in [-0.4, -0.2) is 32.2 Å². The largest absolute Gasteiger partial charge is 0.469 e. The van der Waals surface area contributed by atoms with Gasteiger partial charge in [-0.2, -0.15) is 0 Å². The molecule has 1 aliphatic rings. The first-order valence-corrected chi connectivity index (χ1v) is 8.23. The first kappa shape index (κ1) is 19.5. The Morgan fingerprint density at radius 3 is 2.19 bits per heavy atom. The Morgan fingerprint density at radius 2 is 1.69 bits per heavy atom. The SMILES string of the molecule is COC(=O)CC1=C(C(=O)OC)C(c2ccc(C(C)(C)C)cc2)NC(=O)N1. The maximum atomic E-state index is 12.3. The predicted octanol–water partition coefficient (Wildman–Crippen LogP) is 2.33. The van der Waals surface area contributed by atoms with E-state index in [9.17, 15) is 14.4 Å². The molecule has 0 radical (unpaired) electrons. The number of carbonyl (C=O) groups excluding carboxylic acids is 3. The topological polar surface area (TPSA) is 93.7 Å². The monoisotopic (exact) mass is 360 g/mol. The second-order valence-corrected chi connectivity index (χ2v) is 7.04. The fourth-order valence-electron chi connectivity index (χ4n) is 2.75. The first-order valence-electron chi connectivity index (χ1n) is 8.23. The van der Waals surface area contributed by atoms with E-state index in [-0.39, 0.29) is 23.1 Å². The molecule has 7 nitrogen and oxygen atoms in total. The number of methoxy groups -OCH3 is 2. The summed E-state index contributed by atoms with van der Waals surface area (Å²) in [4.78, 5) is 36.1. The maximum Gasteiger partial charge on any atom is 0.337 e. The Hall–Kier alpha value is -2.83. The van der Waals surface area contributed by atoms with Crippen LogP contribution in [-0.2, 0) is 24.5 Å². The van der Waals surface area contributed by atoms with Crippen LogP contribution < -0.4 is 10.6 Å². The average Bonchev–Trinajstić information content (AvgIpc) is 2.59. The summed E-state index contributed by atoms with van der Waals surface area (Å²) in [6.07, 6.45) is -0.231. The molecule has 0 aliphatic carbocycles. The third-order valence-corrected chi connectivity index (χ3v) is 4.22. The summed E-state index contributed by atoms with van der Waals surface area (Å²) in [6, 6.07) is 6.41. The second kappa shape index (κ2) is 7.59. The Balaban J connectivity index is 2.49. The third-order valence-electron chi connectivity index (χ3n) is 4.22. The van der Waals surface area contributed by atoms with Gasteiger partial charge in [0.2, 0.25) is 0 Å². The highest BCUT2D eigenvalue weighted by Crippen LogP contribution is 2.31. The molecule has 0 aromatic heterocycles. The Labute approximate surface area is 152 Å². The highest BCUT2D eigenvalue weighted by Gasteiger charge is 2.34. The van der Waals surface area contributed by atoms with Crippen LogP contribution in [0.1, 0.15) is 44.4 Å². The molecular formula is C19H24N2O5. The van der Waals surface area contributed by atoms with Gasteiger partial charge in [0.05, 0.1) is 32.3 Å². The van der Waals surface area contributed by atoms with Crippen LogP contribution in [0.5, 0.6) is 0 Å². The predicted molar refractivity (Wildman–Crippen MR) is 95.2 cm³/mol. The van der Waals surface area contributed by atoms with Crippen LogP contribution in [0.4, 0.5) is 4.79 Å². The molecular weight excluding hydrogens is 336 g/mol. The first-order chi connectivity index (χ1) is 12.2. The van der Waals surface area contributed by atoms with Crippen LogP contribution >= 0.6 is 0 Å². The molecule has 0 saturated heterocycles. The summed E-state index contributed by atoms with van der Waals surface area (Å²) >= 11 is 0. The molecule has 0 saturated carbocycles. The third kappa shape index (κ3) is 4.22. The van der Waals surface area contributed by atoms with Crippen molar-refractivity contribution in [2.45, 2.75) is 38.6 Å². The van der Waals surface area contributed by atoms with Crippen LogP contribution in [0.3, 0.4) is 0 Å². The number of carbonyl (C=O) groups is 3. The van der Waals surface area contributed by atoms with Crippen molar-refractivity contribution in [3.8, 4) is 0 Å². The molecule has 2 amide bonds. The van der Waals surface area contributed by atoms with Crippen molar-refractivity contribution in [3.63, 3.8) is 0 Å². The van der Waals surface area contributed by atoms with Crippen molar-refractivity contribution in [1.29, 1.82) is 0 Å². The molecule has 0 fully saturated rings. The van der Waals surface area contributed by atoms with Gasteiger partial charge in [-0.3, -0.25) is 4.79 Å². The summed E-state index contributed by atoms with van der Waals surface area (Å²) in [7, 11) is 2.49. The minimum atomic E-state index is -0.718. The van der Waals surface area contributed by atoms with Crippen molar-refractivity contribution in [3.05, 3.63) is 46.7 Å². The Kier molecular flexibility index (Phi) is 5.69. The van der Waals surface area contributed by atoms with Gasteiger partial charge >= 0.3 is 18.0 Å². The lowest BCUT2D eigenvalue weighted by atomic mass is 9.85. The van der Waals surface area contributed by atoms with E-state index in [1.165, 1.54) is 14.2 Å². The van der Waals surface area contributed by atoms with Gasteiger partial charge in [-0.05, 0) is 16.5 Å². The standard InChI is InChI=1S/C19H24N2O5/c1-19(2,3)12-8-6-11(7-9-12)16-15(17(23)26-5)13(10-14(22)25-4)20-18(24)21-16/h6-9,16H,10H2,1-5H3,(H2,20,21,24). The highest BCUT2D eigenvalue weighted by molar-refractivity contribution is 5.96. The number of amides is 2. The molecule has 1 aliphatic heterocycles. The van der Waals surface area contributed by atoms with E-state index in [1.807, 2.05) is 24.3 Å². The van der Waals surface area contributed by atoms with E-state index >= 15 is 0 Å². The number of nitrogens with one attached hydrogen (secondary N) is 2. The molecule has 0 bridgehead atoms. The van der Waals surface area contributed by atoms with Crippen LogP contribution in [0, 0.1) is 0 Å². The van der Waals surface area contributed by atoms with Gasteiger partial charge in [-0.15, -0.1) is 0 Å². The molecule has 7 heteroatoms. The van der Waals surface area contributed by atoms with Crippen molar-refractivity contribution < 1.29 is 23.9 Å². The number of urea groups is 1. The van der Waals surface area contributed by atoms with Gasteiger partial charge in [0.1, 0.15) is 0 Å². The number of esters is 2. The number of benzene rings is 1. The summed E-state index contributed by atoms with van der Waals surface area (Å²) in [5.74, 6) is -1.19. The van der Waals surface area contributed by atoms with Crippen LogP contribution in [0.25, 0.3) is 0 Å².